The molecule has 3 rings (SSSR count). The normalized spacial score (nSPS) is 10.9. The van der Waals surface area contributed by atoms with Gasteiger partial charge >= 0.3 is 0 Å². The van der Waals surface area contributed by atoms with Gasteiger partial charge in [0, 0.05) is 11.1 Å². The number of hydrogen-bond donors (Lipinski definition) is 1. The quantitative estimate of drug-likeness (QED) is 0.781. The number of ether oxygens (including phenoxy) is 1. The van der Waals surface area contributed by atoms with Gasteiger partial charge in [0.15, 0.2) is 0 Å². The highest BCUT2D eigenvalue weighted by molar-refractivity contribution is 5.92. The van der Waals surface area contributed by atoms with Crippen molar-refractivity contribution in [3.63, 3.8) is 0 Å². The molecule has 4 heteroatoms. The van der Waals surface area contributed by atoms with Crippen molar-refractivity contribution in [2.24, 2.45) is 0 Å². The van der Waals surface area contributed by atoms with Crippen LogP contribution in [-0.4, -0.2) is 12.2 Å². The van der Waals surface area contributed by atoms with Gasteiger partial charge in [-0.05, 0) is 19.4 Å². The fraction of sp³-hybridized carbons (Fsp3) is 0.167. The van der Waals surface area contributed by atoms with Gasteiger partial charge in [0.25, 0.3) is 0 Å². The molecule has 0 aliphatic carbocycles. The van der Waals surface area contributed by atoms with Gasteiger partial charge in [-0.15, -0.1) is 0 Å². The molecule has 0 bridgehead atoms. The van der Waals surface area contributed by atoms with E-state index in [1.165, 1.54) is 13.4 Å². The highest BCUT2D eigenvalue weighted by Gasteiger charge is 2.20. The van der Waals surface area contributed by atoms with Crippen molar-refractivity contribution in [3.05, 3.63) is 57.9 Å². The fourth-order valence-corrected chi connectivity index (χ4v) is 2.76. The van der Waals surface area contributed by atoms with E-state index >= 15 is 0 Å². The highest BCUT2D eigenvalue weighted by Crippen LogP contribution is 2.38. The van der Waals surface area contributed by atoms with Crippen LogP contribution in [0.1, 0.15) is 11.1 Å². The van der Waals surface area contributed by atoms with E-state index in [2.05, 4.69) is 0 Å². The van der Waals surface area contributed by atoms with Gasteiger partial charge in [0.05, 0.1) is 12.7 Å². The molecule has 0 unspecified atom stereocenters. The minimum atomic E-state index is -0.251. The topological polar surface area (TPSA) is 59.7 Å². The van der Waals surface area contributed by atoms with E-state index in [0.29, 0.717) is 28.0 Å². The Balaban J connectivity index is 2.43. The third-order valence-electron chi connectivity index (χ3n) is 3.90. The van der Waals surface area contributed by atoms with Crippen LogP contribution in [0.3, 0.4) is 0 Å². The molecular weight excluding hydrogens is 280 g/mol. The van der Waals surface area contributed by atoms with E-state index in [1.807, 2.05) is 30.3 Å². The maximum Gasteiger partial charge on any atom is 0.204 e. The molecule has 0 radical (unpaired) electrons. The van der Waals surface area contributed by atoms with Crippen LogP contribution >= 0.6 is 0 Å². The molecule has 1 aromatic heterocycles. The van der Waals surface area contributed by atoms with Crippen molar-refractivity contribution in [3.8, 4) is 22.6 Å². The SMILES string of the molecule is COc1c(C)c(O)c2c(=O)c(-c3ccccc3)coc2c1C. The second-order valence-electron chi connectivity index (χ2n) is 5.18. The summed E-state index contributed by atoms with van der Waals surface area (Å²) in [6, 6.07) is 9.24. The van der Waals surface area contributed by atoms with Crippen molar-refractivity contribution < 1.29 is 14.3 Å². The van der Waals surface area contributed by atoms with Crippen LogP contribution in [0.4, 0.5) is 0 Å². The first kappa shape index (κ1) is 14.2. The third-order valence-corrected chi connectivity index (χ3v) is 3.90. The zero-order valence-electron chi connectivity index (χ0n) is 12.6. The predicted octanol–water partition coefficient (Wildman–Crippen LogP) is 3.79. The Kier molecular flexibility index (Phi) is 3.37. The summed E-state index contributed by atoms with van der Waals surface area (Å²) < 4.78 is 10.9. The number of phenols is 1. The maximum atomic E-state index is 12.8. The Labute approximate surface area is 127 Å². The highest BCUT2D eigenvalue weighted by atomic mass is 16.5. The average molecular weight is 296 g/mol. The third kappa shape index (κ3) is 1.96. The number of methoxy groups -OCH3 is 1. The van der Waals surface area contributed by atoms with E-state index in [-0.39, 0.29) is 16.6 Å². The molecule has 0 spiro atoms. The summed E-state index contributed by atoms with van der Waals surface area (Å²) in [5.41, 5.74) is 2.51. The molecule has 0 aliphatic rings. The van der Waals surface area contributed by atoms with Crippen molar-refractivity contribution in [2.45, 2.75) is 13.8 Å². The summed E-state index contributed by atoms with van der Waals surface area (Å²) in [6.45, 7) is 3.52. The number of fused-ring (bicyclic) bond motifs is 1. The Morgan fingerprint density at radius 1 is 1.09 bits per heavy atom. The van der Waals surface area contributed by atoms with Crippen molar-refractivity contribution in [1.29, 1.82) is 0 Å². The second kappa shape index (κ2) is 5.22. The number of aryl methyl sites for hydroxylation is 1. The first-order chi connectivity index (χ1) is 10.6. The number of phenolic OH excluding ortho intramolecular Hbond substituents is 1. The summed E-state index contributed by atoms with van der Waals surface area (Å²) >= 11 is 0. The number of rotatable bonds is 2. The van der Waals surface area contributed by atoms with E-state index in [4.69, 9.17) is 9.15 Å². The van der Waals surface area contributed by atoms with E-state index in [1.54, 1.807) is 13.8 Å². The number of hydrogen-bond acceptors (Lipinski definition) is 4. The monoisotopic (exact) mass is 296 g/mol. The van der Waals surface area contributed by atoms with Gasteiger partial charge in [-0.1, -0.05) is 30.3 Å². The minimum Gasteiger partial charge on any atom is -0.507 e. The minimum absolute atomic E-state index is 0.0935. The van der Waals surface area contributed by atoms with Gasteiger partial charge in [0.1, 0.15) is 28.7 Å². The van der Waals surface area contributed by atoms with E-state index in [9.17, 15) is 9.90 Å². The van der Waals surface area contributed by atoms with Gasteiger partial charge in [-0.3, -0.25) is 4.79 Å². The van der Waals surface area contributed by atoms with E-state index in [0.717, 1.165) is 5.56 Å². The Bertz CT molecular complexity index is 908. The zero-order valence-corrected chi connectivity index (χ0v) is 12.6. The summed E-state index contributed by atoms with van der Waals surface area (Å²) in [7, 11) is 1.52. The smallest absolute Gasteiger partial charge is 0.204 e. The number of aromatic hydroxyl groups is 1. The Morgan fingerprint density at radius 3 is 2.41 bits per heavy atom. The largest absolute Gasteiger partial charge is 0.507 e. The lowest BCUT2D eigenvalue weighted by Crippen LogP contribution is -2.07. The zero-order chi connectivity index (χ0) is 15.9. The van der Waals surface area contributed by atoms with Crippen LogP contribution in [-0.2, 0) is 0 Å². The first-order valence-corrected chi connectivity index (χ1v) is 6.93. The van der Waals surface area contributed by atoms with Crippen molar-refractivity contribution in [1.82, 2.24) is 0 Å². The lowest BCUT2D eigenvalue weighted by molar-refractivity contribution is 0.400. The first-order valence-electron chi connectivity index (χ1n) is 6.93. The molecule has 22 heavy (non-hydrogen) atoms. The van der Waals surface area contributed by atoms with Crippen molar-refractivity contribution in [2.75, 3.05) is 7.11 Å². The lowest BCUT2D eigenvalue weighted by Gasteiger charge is -2.13. The molecule has 4 nitrogen and oxygen atoms in total. The standard InChI is InChI=1S/C18H16O4/c1-10-15(19)14-16(20)13(12-7-5-4-6-8-12)9-22-18(14)11(2)17(10)21-3/h4-9,19H,1-3H3. The summed E-state index contributed by atoms with van der Waals surface area (Å²) in [6.07, 6.45) is 1.43. The van der Waals surface area contributed by atoms with Gasteiger partial charge in [-0.25, -0.2) is 0 Å². The molecule has 0 saturated heterocycles. The Morgan fingerprint density at radius 2 is 1.77 bits per heavy atom. The molecule has 2 aromatic carbocycles. The summed E-state index contributed by atoms with van der Waals surface area (Å²) in [5, 5.41) is 10.6. The summed E-state index contributed by atoms with van der Waals surface area (Å²) in [4.78, 5) is 12.8. The van der Waals surface area contributed by atoms with Gasteiger partial charge in [-0.2, -0.15) is 0 Å². The van der Waals surface area contributed by atoms with Crippen LogP contribution in [0.2, 0.25) is 0 Å². The molecule has 0 aliphatic heterocycles. The van der Waals surface area contributed by atoms with Crippen molar-refractivity contribution >= 4 is 11.0 Å². The molecule has 1 heterocycles. The van der Waals surface area contributed by atoms with Gasteiger partial charge in [0.2, 0.25) is 5.43 Å². The second-order valence-corrected chi connectivity index (χ2v) is 5.18. The molecule has 0 fully saturated rings. The molecule has 1 N–H and O–H groups in total. The summed E-state index contributed by atoms with van der Waals surface area (Å²) in [5.74, 6) is 0.435. The maximum absolute atomic E-state index is 12.8. The van der Waals surface area contributed by atoms with Crippen LogP contribution < -0.4 is 10.2 Å². The molecule has 0 saturated carbocycles. The predicted molar refractivity (Wildman–Crippen MR) is 85.6 cm³/mol. The molecule has 3 aromatic rings. The fourth-order valence-electron chi connectivity index (χ4n) is 2.76. The molecule has 112 valence electrons. The lowest BCUT2D eigenvalue weighted by atomic mass is 10.0. The average Bonchev–Trinajstić information content (AvgIpc) is 2.54. The number of benzene rings is 2. The molecular formula is C18H16O4. The van der Waals surface area contributed by atoms with Gasteiger partial charge < -0.3 is 14.3 Å². The van der Waals surface area contributed by atoms with Crippen LogP contribution in [0, 0.1) is 13.8 Å². The van der Waals surface area contributed by atoms with Crippen LogP contribution in [0.25, 0.3) is 22.1 Å². The Hall–Kier alpha value is -2.75. The van der Waals surface area contributed by atoms with Crippen LogP contribution in [0.15, 0.2) is 45.8 Å². The molecule has 0 atom stereocenters. The van der Waals surface area contributed by atoms with Crippen LogP contribution in [0.5, 0.6) is 11.5 Å². The van der Waals surface area contributed by atoms with E-state index < -0.39 is 0 Å². The molecule has 0 amide bonds.